The molecule has 0 unspecified atom stereocenters. The number of sulfonamides is 1. The largest absolute Gasteiger partial charge is 0.319 e. The van der Waals surface area contributed by atoms with E-state index in [1.807, 2.05) is 6.92 Å². The van der Waals surface area contributed by atoms with Crippen molar-refractivity contribution >= 4 is 38.9 Å². The van der Waals surface area contributed by atoms with E-state index in [-0.39, 0.29) is 26.9 Å². The molecule has 3 rings (SSSR count). The van der Waals surface area contributed by atoms with Gasteiger partial charge in [0.1, 0.15) is 5.82 Å². The molecule has 3 aromatic carbocycles. The Kier molecular flexibility index (Phi) is 5.67. The number of hydrogen-bond acceptors (Lipinski definition) is 3. The summed E-state index contributed by atoms with van der Waals surface area (Å²) in [7, 11) is -3.79. The number of nitrogens with one attached hydrogen (secondary N) is 2. The average molecular weight is 419 g/mol. The quantitative estimate of drug-likeness (QED) is 0.622. The normalized spacial score (nSPS) is 11.1. The number of para-hydroxylation sites is 1. The zero-order valence-corrected chi connectivity index (χ0v) is 16.3. The smallest absolute Gasteiger partial charge is 0.261 e. The van der Waals surface area contributed by atoms with Crippen molar-refractivity contribution in [2.45, 2.75) is 11.8 Å². The zero-order valence-electron chi connectivity index (χ0n) is 14.7. The zero-order chi connectivity index (χ0) is 20.3. The molecule has 0 aliphatic heterocycles. The van der Waals surface area contributed by atoms with Crippen molar-refractivity contribution in [3.05, 3.63) is 88.7 Å². The fourth-order valence-corrected chi connectivity index (χ4v) is 3.76. The van der Waals surface area contributed by atoms with Gasteiger partial charge >= 0.3 is 0 Å². The van der Waals surface area contributed by atoms with Crippen molar-refractivity contribution in [3.63, 3.8) is 0 Å². The number of amides is 1. The summed E-state index contributed by atoms with van der Waals surface area (Å²) < 4.78 is 41.0. The third-order valence-electron chi connectivity index (χ3n) is 3.92. The van der Waals surface area contributed by atoms with Crippen LogP contribution in [0.4, 0.5) is 15.8 Å². The summed E-state index contributed by atoms with van der Waals surface area (Å²) in [6, 6.07) is 16.2. The minimum Gasteiger partial charge on any atom is -0.319 e. The van der Waals surface area contributed by atoms with Gasteiger partial charge in [0.05, 0.1) is 26.9 Å². The van der Waals surface area contributed by atoms with Gasteiger partial charge in [0.2, 0.25) is 0 Å². The van der Waals surface area contributed by atoms with E-state index in [1.54, 1.807) is 18.2 Å². The van der Waals surface area contributed by atoms with Crippen molar-refractivity contribution in [1.29, 1.82) is 0 Å². The van der Waals surface area contributed by atoms with E-state index in [2.05, 4.69) is 10.0 Å². The Labute approximate surface area is 167 Å². The summed E-state index contributed by atoms with van der Waals surface area (Å²) in [6.07, 6.45) is 0. The molecular formula is C20H16ClFN2O3S. The summed E-state index contributed by atoms with van der Waals surface area (Å²) in [5, 5.41) is 2.45. The van der Waals surface area contributed by atoms with Gasteiger partial charge in [-0.2, -0.15) is 0 Å². The SMILES string of the molecule is Cc1ccc(S(=O)(=O)Nc2ccc(C(=O)Nc3ccccc3F)c(Cl)c2)cc1. The van der Waals surface area contributed by atoms with Gasteiger partial charge in [0, 0.05) is 0 Å². The van der Waals surface area contributed by atoms with Gasteiger partial charge in [-0.1, -0.05) is 41.4 Å². The predicted octanol–water partition coefficient (Wildman–Crippen LogP) is 4.84. The summed E-state index contributed by atoms with van der Waals surface area (Å²) in [6.45, 7) is 1.86. The maximum Gasteiger partial charge on any atom is 0.261 e. The summed E-state index contributed by atoms with van der Waals surface area (Å²) >= 11 is 6.14. The van der Waals surface area contributed by atoms with Gasteiger partial charge in [-0.15, -0.1) is 0 Å². The second-order valence-corrected chi connectivity index (χ2v) is 8.14. The van der Waals surface area contributed by atoms with Crippen molar-refractivity contribution in [1.82, 2.24) is 0 Å². The number of anilines is 2. The number of hydrogen-bond donors (Lipinski definition) is 2. The van der Waals surface area contributed by atoms with Crippen LogP contribution in [0.1, 0.15) is 15.9 Å². The first-order valence-electron chi connectivity index (χ1n) is 8.21. The molecule has 3 aromatic rings. The lowest BCUT2D eigenvalue weighted by Crippen LogP contribution is -2.15. The first kappa shape index (κ1) is 19.9. The number of carbonyl (C=O) groups excluding carboxylic acids is 1. The molecule has 0 spiro atoms. The minimum atomic E-state index is -3.79. The van der Waals surface area contributed by atoms with Crippen LogP contribution < -0.4 is 10.0 Å². The summed E-state index contributed by atoms with van der Waals surface area (Å²) in [4.78, 5) is 12.4. The highest BCUT2D eigenvalue weighted by Gasteiger charge is 2.17. The van der Waals surface area contributed by atoms with Crippen molar-refractivity contribution in [2.24, 2.45) is 0 Å². The maximum atomic E-state index is 13.7. The fraction of sp³-hybridized carbons (Fsp3) is 0.0500. The van der Waals surface area contributed by atoms with Gasteiger partial charge in [0.15, 0.2) is 0 Å². The molecule has 0 heterocycles. The molecule has 0 saturated carbocycles. The van der Waals surface area contributed by atoms with Crippen LogP contribution in [0.25, 0.3) is 0 Å². The molecule has 5 nitrogen and oxygen atoms in total. The van der Waals surface area contributed by atoms with Crippen LogP contribution in [-0.4, -0.2) is 14.3 Å². The van der Waals surface area contributed by atoms with Crippen LogP contribution in [0, 0.1) is 12.7 Å². The molecule has 0 aromatic heterocycles. The number of carbonyl (C=O) groups is 1. The predicted molar refractivity (Wildman–Crippen MR) is 108 cm³/mol. The van der Waals surface area contributed by atoms with E-state index in [0.717, 1.165) is 5.56 Å². The number of aryl methyl sites for hydroxylation is 1. The van der Waals surface area contributed by atoms with E-state index in [1.165, 1.54) is 48.5 Å². The Morgan fingerprint density at radius 1 is 1.00 bits per heavy atom. The van der Waals surface area contributed by atoms with Crippen molar-refractivity contribution in [3.8, 4) is 0 Å². The van der Waals surface area contributed by atoms with Crippen LogP contribution in [0.15, 0.2) is 71.6 Å². The van der Waals surface area contributed by atoms with Crippen LogP contribution in [0.2, 0.25) is 5.02 Å². The molecular weight excluding hydrogens is 403 g/mol. The molecule has 8 heteroatoms. The van der Waals surface area contributed by atoms with Gasteiger partial charge in [0.25, 0.3) is 15.9 Å². The van der Waals surface area contributed by atoms with E-state index < -0.39 is 21.7 Å². The molecule has 144 valence electrons. The Morgan fingerprint density at radius 3 is 2.32 bits per heavy atom. The lowest BCUT2D eigenvalue weighted by Gasteiger charge is -2.11. The fourth-order valence-electron chi connectivity index (χ4n) is 2.45. The van der Waals surface area contributed by atoms with Crippen LogP contribution in [0.5, 0.6) is 0 Å². The van der Waals surface area contributed by atoms with Crippen molar-refractivity contribution in [2.75, 3.05) is 10.0 Å². The topological polar surface area (TPSA) is 75.3 Å². The average Bonchev–Trinajstić information content (AvgIpc) is 2.63. The van der Waals surface area contributed by atoms with Gasteiger partial charge in [-0.05, 0) is 49.4 Å². The molecule has 28 heavy (non-hydrogen) atoms. The standard InChI is InChI=1S/C20H16ClFN2O3S/c1-13-6-9-15(10-7-13)28(26,27)24-14-8-11-16(17(21)12-14)20(25)23-19-5-3-2-4-18(19)22/h2-12,24H,1H3,(H,23,25). The highest BCUT2D eigenvalue weighted by atomic mass is 35.5. The van der Waals surface area contributed by atoms with E-state index >= 15 is 0 Å². The molecule has 0 atom stereocenters. The third-order valence-corrected chi connectivity index (χ3v) is 5.63. The lowest BCUT2D eigenvalue weighted by atomic mass is 10.2. The molecule has 0 saturated heterocycles. The van der Waals surface area contributed by atoms with E-state index in [0.29, 0.717) is 0 Å². The van der Waals surface area contributed by atoms with Crippen LogP contribution >= 0.6 is 11.6 Å². The monoisotopic (exact) mass is 418 g/mol. The van der Waals surface area contributed by atoms with Gasteiger partial charge in [-0.3, -0.25) is 9.52 Å². The third kappa shape index (κ3) is 4.49. The Hall–Kier alpha value is -2.90. The van der Waals surface area contributed by atoms with E-state index in [4.69, 9.17) is 11.6 Å². The van der Waals surface area contributed by atoms with Crippen molar-refractivity contribution < 1.29 is 17.6 Å². The maximum absolute atomic E-state index is 13.7. The molecule has 0 fully saturated rings. The highest BCUT2D eigenvalue weighted by molar-refractivity contribution is 7.92. The first-order chi connectivity index (χ1) is 13.3. The second kappa shape index (κ2) is 8.00. The summed E-state index contributed by atoms with van der Waals surface area (Å²) in [5.74, 6) is -1.18. The summed E-state index contributed by atoms with van der Waals surface area (Å²) in [5.41, 5.74) is 1.25. The van der Waals surface area contributed by atoms with Gasteiger partial charge in [-0.25, -0.2) is 12.8 Å². The molecule has 0 aliphatic carbocycles. The molecule has 0 aliphatic rings. The Balaban J connectivity index is 1.79. The second-order valence-electron chi connectivity index (χ2n) is 6.05. The Morgan fingerprint density at radius 2 is 1.68 bits per heavy atom. The minimum absolute atomic E-state index is 0.0210. The first-order valence-corrected chi connectivity index (χ1v) is 10.1. The Bertz CT molecular complexity index is 1130. The van der Waals surface area contributed by atoms with Gasteiger partial charge < -0.3 is 5.32 Å². The number of rotatable bonds is 5. The lowest BCUT2D eigenvalue weighted by molar-refractivity contribution is 0.102. The highest BCUT2D eigenvalue weighted by Crippen LogP contribution is 2.25. The molecule has 1 amide bonds. The molecule has 0 bridgehead atoms. The van der Waals surface area contributed by atoms with Crippen LogP contribution in [-0.2, 0) is 10.0 Å². The van der Waals surface area contributed by atoms with E-state index in [9.17, 15) is 17.6 Å². The number of benzene rings is 3. The molecule has 2 N–H and O–H groups in total. The number of halogens is 2. The van der Waals surface area contributed by atoms with Crippen LogP contribution in [0.3, 0.4) is 0 Å². The molecule has 0 radical (unpaired) electrons.